The zero-order valence-electron chi connectivity index (χ0n) is 11.6. The molecule has 0 aliphatic carbocycles. The van der Waals surface area contributed by atoms with Gasteiger partial charge in [-0.3, -0.25) is 10.3 Å². The second-order valence-corrected chi connectivity index (χ2v) is 4.37. The highest BCUT2D eigenvalue weighted by Gasteiger charge is 2.10. The predicted octanol–water partition coefficient (Wildman–Crippen LogP) is -0.837. The Bertz CT molecular complexity index is 248. The van der Waals surface area contributed by atoms with Crippen LogP contribution in [0.5, 0.6) is 0 Å². The quantitative estimate of drug-likeness (QED) is 0.102. The zero-order chi connectivity index (χ0) is 14.0. The largest absolute Gasteiger partial charge is 0.370 e. The van der Waals surface area contributed by atoms with Crippen LogP contribution in [0.25, 0.3) is 0 Å². The number of aldehydes is 1. The Labute approximate surface area is 109 Å². The van der Waals surface area contributed by atoms with Crippen molar-refractivity contribution < 1.29 is 4.79 Å². The maximum Gasteiger partial charge on any atom is 0.185 e. The number of nitrogens with one attached hydrogen (secondary N) is 3. The molecule has 0 saturated heterocycles. The summed E-state index contributed by atoms with van der Waals surface area (Å²) in [6.07, 6.45) is 2.41. The molecule has 0 unspecified atom stereocenters. The number of hydrogen-bond acceptors (Lipinski definition) is 5. The van der Waals surface area contributed by atoms with Gasteiger partial charge in [0.2, 0.25) is 0 Å². The molecule has 18 heavy (non-hydrogen) atoms. The number of rotatable bonds is 10. The second-order valence-electron chi connectivity index (χ2n) is 4.37. The van der Waals surface area contributed by atoms with Gasteiger partial charge in [0.1, 0.15) is 6.29 Å². The van der Waals surface area contributed by atoms with Gasteiger partial charge in [0.05, 0.1) is 12.7 Å². The summed E-state index contributed by atoms with van der Waals surface area (Å²) in [5.74, 6) is -0.0349. The third-order valence-corrected chi connectivity index (χ3v) is 2.55. The number of carbonyl (C=O) groups is 1. The molecule has 0 amide bonds. The van der Waals surface area contributed by atoms with Crippen LogP contribution in [0.15, 0.2) is 0 Å². The van der Waals surface area contributed by atoms with E-state index in [1.807, 2.05) is 19.1 Å². The maximum absolute atomic E-state index is 10.9. The molecule has 0 aromatic rings. The Morgan fingerprint density at radius 2 is 2.17 bits per heavy atom. The van der Waals surface area contributed by atoms with Crippen LogP contribution in [0.1, 0.15) is 19.8 Å². The lowest BCUT2D eigenvalue weighted by Crippen LogP contribution is -2.47. The van der Waals surface area contributed by atoms with Crippen LogP contribution in [0.4, 0.5) is 0 Å². The van der Waals surface area contributed by atoms with Gasteiger partial charge < -0.3 is 15.8 Å². The monoisotopic (exact) mass is 258 g/mol. The van der Waals surface area contributed by atoms with Crippen molar-refractivity contribution in [1.29, 1.82) is 5.41 Å². The lowest BCUT2D eigenvalue weighted by Gasteiger charge is -2.26. The molecule has 0 spiro atoms. The highest BCUT2D eigenvalue weighted by molar-refractivity contribution is 5.74. The van der Waals surface area contributed by atoms with E-state index in [-0.39, 0.29) is 12.0 Å². The predicted molar refractivity (Wildman–Crippen MR) is 73.1 cm³/mol. The zero-order valence-corrected chi connectivity index (χ0v) is 11.6. The van der Waals surface area contributed by atoms with E-state index < -0.39 is 0 Å². The summed E-state index contributed by atoms with van der Waals surface area (Å²) in [6, 6.07) is -0.200. The minimum absolute atomic E-state index is 0.0349. The van der Waals surface area contributed by atoms with E-state index >= 15 is 0 Å². The van der Waals surface area contributed by atoms with E-state index in [9.17, 15) is 4.79 Å². The van der Waals surface area contributed by atoms with Crippen molar-refractivity contribution in [2.75, 3.05) is 33.9 Å². The third-order valence-electron chi connectivity index (χ3n) is 2.55. The van der Waals surface area contributed by atoms with Crippen LogP contribution in [-0.2, 0) is 4.79 Å². The summed E-state index contributed by atoms with van der Waals surface area (Å²) < 4.78 is 0. The van der Waals surface area contributed by atoms with Crippen molar-refractivity contribution >= 4 is 12.2 Å². The Hall–Kier alpha value is -1.18. The summed E-state index contributed by atoms with van der Waals surface area (Å²) in [4.78, 5) is 13.1. The van der Waals surface area contributed by atoms with Crippen LogP contribution >= 0.6 is 0 Å². The molecule has 0 radical (unpaired) electrons. The van der Waals surface area contributed by atoms with Crippen LogP contribution in [0.2, 0.25) is 0 Å². The average Bonchev–Trinajstić information content (AvgIpc) is 2.32. The molecule has 0 aromatic heterocycles. The van der Waals surface area contributed by atoms with Crippen molar-refractivity contribution in [1.82, 2.24) is 20.7 Å². The molecule has 0 rings (SSSR count). The average molecular weight is 258 g/mol. The van der Waals surface area contributed by atoms with Gasteiger partial charge in [-0.2, -0.15) is 0 Å². The molecule has 7 heteroatoms. The Morgan fingerprint density at radius 3 is 2.67 bits per heavy atom. The first-order valence-corrected chi connectivity index (χ1v) is 6.18. The van der Waals surface area contributed by atoms with Gasteiger partial charge in [0, 0.05) is 13.6 Å². The number of hydrogen-bond donors (Lipinski definition) is 4. The molecule has 0 saturated carbocycles. The molecule has 0 fully saturated rings. The van der Waals surface area contributed by atoms with E-state index in [0.29, 0.717) is 13.0 Å². The molecule has 5 N–H and O–H groups in total. The van der Waals surface area contributed by atoms with Gasteiger partial charge in [-0.1, -0.05) is 6.92 Å². The fourth-order valence-electron chi connectivity index (χ4n) is 1.49. The summed E-state index contributed by atoms with van der Waals surface area (Å²) in [5.41, 5.74) is 8.30. The first-order valence-electron chi connectivity index (χ1n) is 6.18. The lowest BCUT2D eigenvalue weighted by molar-refractivity contribution is -0.111. The van der Waals surface area contributed by atoms with Gasteiger partial charge in [0.15, 0.2) is 5.96 Å². The Morgan fingerprint density at radius 1 is 1.50 bits per heavy atom. The molecule has 0 bridgehead atoms. The topological polar surface area (TPSA) is 97.5 Å². The molecular formula is C11H26N6O. The lowest BCUT2D eigenvalue weighted by atomic mass is 10.2. The first-order chi connectivity index (χ1) is 8.49. The van der Waals surface area contributed by atoms with E-state index in [4.69, 9.17) is 11.1 Å². The van der Waals surface area contributed by atoms with Crippen molar-refractivity contribution in [3.05, 3.63) is 0 Å². The second kappa shape index (κ2) is 9.81. The Balaban J connectivity index is 3.81. The smallest absolute Gasteiger partial charge is 0.185 e. The molecule has 0 aliphatic heterocycles. The molecule has 106 valence electrons. The van der Waals surface area contributed by atoms with Gasteiger partial charge in [-0.15, -0.1) is 0 Å². The highest BCUT2D eigenvalue weighted by atomic mass is 16.1. The van der Waals surface area contributed by atoms with Crippen molar-refractivity contribution in [2.24, 2.45) is 5.73 Å². The highest BCUT2D eigenvalue weighted by Crippen LogP contribution is 1.95. The first kappa shape index (κ1) is 16.8. The molecule has 0 aromatic carbocycles. The van der Waals surface area contributed by atoms with E-state index in [1.165, 1.54) is 0 Å². The van der Waals surface area contributed by atoms with Crippen molar-refractivity contribution in [2.45, 2.75) is 25.8 Å². The van der Waals surface area contributed by atoms with E-state index in [2.05, 4.69) is 22.6 Å². The van der Waals surface area contributed by atoms with Crippen LogP contribution in [0, 0.1) is 5.41 Å². The van der Waals surface area contributed by atoms with Gasteiger partial charge in [-0.25, -0.2) is 10.4 Å². The van der Waals surface area contributed by atoms with Crippen molar-refractivity contribution in [3.63, 3.8) is 0 Å². The molecule has 1 atom stereocenters. The van der Waals surface area contributed by atoms with E-state index in [0.717, 1.165) is 25.9 Å². The SMILES string of the molecule is CCN(C)CN(C)N[C@H](C=O)CCCNC(=N)N. The fraction of sp³-hybridized carbons (Fsp3) is 0.818. The van der Waals surface area contributed by atoms with Gasteiger partial charge in [-0.05, 0) is 26.4 Å². The normalized spacial score (nSPS) is 12.7. The maximum atomic E-state index is 10.9. The molecule has 7 nitrogen and oxygen atoms in total. The number of nitrogens with zero attached hydrogens (tertiary/aromatic N) is 2. The van der Waals surface area contributed by atoms with E-state index in [1.54, 1.807) is 0 Å². The fourth-order valence-corrected chi connectivity index (χ4v) is 1.49. The number of nitrogens with two attached hydrogens (primary N) is 1. The summed E-state index contributed by atoms with van der Waals surface area (Å²) in [7, 11) is 3.93. The molecular weight excluding hydrogens is 232 g/mol. The van der Waals surface area contributed by atoms with Gasteiger partial charge >= 0.3 is 0 Å². The summed E-state index contributed by atoms with van der Waals surface area (Å²) in [5, 5.41) is 11.6. The number of guanidine groups is 1. The summed E-state index contributed by atoms with van der Waals surface area (Å²) in [6.45, 7) is 4.41. The number of carbonyl (C=O) groups excluding carboxylic acids is 1. The van der Waals surface area contributed by atoms with Gasteiger partial charge in [0.25, 0.3) is 0 Å². The summed E-state index contributed by atoms with van der Waals surface area (Å²) >= 11 is 0. The van der Waals surface area contributed by atoms with Crippen molar-refractivity contribution in [3.8, 4) is 0 Å². The third kappa shape index (κ3) is 8.91. The Kier molecular flexibility index (Phi) is 9.17. The number of hydrazine groups is 1. The van der Waals surface area contributed by atoms with Crippen LogP contribution < -0.4 is 16.5 Å². The standard InChI is InChI=1S/C11H26N6O/c1-4-16(2)9-17(3)15-10(8-18)6-5-7-14-11(12)13/h8,10,15H,4-7,9H2,1-3H3,(H4,12,13,14)/t10-/m0/s1. The molecule has 0 aliphatic rings. The van der Waals surface area contributed by atoms with Crippen LogP contribution in [-0.4, -0.2) is 62.0 Å². The van der Waals surface area contributed by atoms with Crippen LogP contribution in [0.3, 0.4) is 0 Å². The molecule has 0 heterocycles. The minimum atomic E-state index is -0.200. The minimum Gasteiger partial charge on any atom is -0.370 e.